The lowest BCUT2D eigenvalue weighted by Gasteiger charge is -2.50. The van der Waals surface area contributed by atoms with Crippen molar-refractivity contribution in [3.8, 4) is 0 Å². The smallest absolute Gasteiger partial charge is 0.139 e. The number of hydrogen-bond acceptors (Lipinski definition) is 3. The SMILES string of the molecule is CC(=O)CCC1C(=O)CC[C@@H]2[C@H]1CC[C@]1(C)C(=O)CC[C@@H]21. The number of carbonyl (C=O) groups is 3. The van der Waals surface area contributed by atoms with E-state index >= 15 is 0 Å². The van der Waals surface area contributed by atoms with Gasteiger partial charge in [-0.1, -0.05) is 6.92 Å². The molecule has 3 aliphatic carbocycles. The Morgan fingerprint density at radius 1 is 1.14 bits per heavy atom. The van der Waals surface area contributed by atoms with Gasteiger partial charge < -0.3 is 4.79 Å². The van der Waals surface area contributed by atoms with Gasteiger partial charge in [-0.15, -0.1) is 0 Å². The van der Waals surface area contributed by atoms with Crippen LogP contribution in [0.2, 0.25) is 0 Å². The quantitative estimate of drug-likeness (QED) is 0.801. The zero-order valence-corrected chi connectivity index (χ0v) is 13.2. The molecule has 21 heavy (non-hydrogen) atoms. The number of ketones is 3. The van der Waals surface area contributed by atoms with Crippen LogP contribution >= 0.6 is 0 Å². The minimum Gasteiger partial charge on any atom is -0.300 e. The third kappa shape index (κ3) is 2.39. The average Bonchev–Trinajstić information content (AvgIpc) is 2.74. The lowest BCUT2D eigenvalue weighted by molar-refractivity contribution is -0.138. The highest BCUT2D eigenvalue weighted by Crippen LogP contribution is 2.58. The first-order chi connectivity index (χ1) is 9.93. The summed E-state index contributed by atoms with van der Waals surface area (Å²) in [5.74, 6) is 2.51. The van der Waals surface area contributed by atoms with Crippen molar-refractivity contribution in [2.75, 3.05) is 0 Å². The van der Waals surface area contributed by atoms with Crippen molar-refractivity contribution >= 4 is 17.3 Å². The molecule has 0 amide bonds. The van der Waals surface area contributed by atoms with E-state index in [0.717, 1.165) is 38.5 Å². The van der Waals surface area contributed by atoms with Crippen LogP contribution in [0.15, 0.2) is 0 Å². The van der Waals surface area contributed by atoms with Crippen molar-refractivity contribution in [1.82, 2.24) is 0 Å². The second-order valence-corrected chi connectivity index (χ2v) is 7.70. The standard InChI is InChI=1S/C18H26O3/c1-11(19)3-4-14-12-9-10-18(2)15(6-8-17(18)21)13(12)5-7-16(14)20/h12-15H,3-10H2,1-2H3/t12-,13-,14?,15+,18+/m1/s1. The van der Waals surface area contributed by atoms with Crippen molar-refractivity contribution in [3.63, 3.8) is 0 Å². The zero-order chi connectivity index (χ0) is 15.2. The Morgan fingerprint density at radius 2 is 1.90 bits per heavy atom. The first-order valence-electron chi connectivity index (χ1n) is 8.49. The lowest BCUT2D eigenvalue weighted by atomic mass is 9.53. The van der Waals surface area contributed by atoms with Crippen LogP contribution in [0.3, 0.4) is 0 Å². The van der Waals surface area contributed by atoms with Gasteiger partial charge in [0.1, 0.15) is 17.3 Å². The summed E-state index contributed by atoms with van der Waals surface area (Å²) in [6.07, 6.45) is 6.57. The van der Waals surface area contributed by atoms with E-state index in [1.54, 1.807) is 6.92 Å². The van der Waals surface area contributed by atoms with Gasteiger partial charge in [0, 0.05) is 30.6 Å². The number of Topliss-reactive ketones (excluding diaryl/α,β-unsaturated/α-hetero) is 3. The Bertz CT molecular complexity index is 481. The van der Waals surface area contributed by atoms with Crippen molar-refractivity contribution in [3.05, 3.63) is 0 Å². The van der Waals surface area contributed by atoms with Gasteiger partial charge in [-0.3, -0.25) is 9.59 Å². The highest BCUT2D eigenvalue weighted by molar-refractivity contribution is 5.88. The summed E-state index contributed by atoms with van der Waals surface area (Å²) in [6.45, 7) is 3.77. The molecule has 116 valence electrons. The Hall–Kier alpha value is -0.990. The molecule has 0 heterocycles. The van der Waals surface area contributed by atoms with E-state index in [4.69, 9.17) is 0 Å². The largest absolute Gasteiger partial charge is 0.300 e. The molecular formula is C18H26O3. The fraction of sp³-hybridized carbons (Fsp3) is 0.833. The average molecular weight is 290 g/mol. The molecule has 3 aliphatic rings. The molecule has 0 bridgehead atoms. The minimum absolute atomic E-state index is 0.0768. The third-order valence-corrected chi connectivity index (χ3v) is 6.66. The highest BCUT2D eigenvalue weighted by Gasteiger charge is 2.56. The van der Waals surface area contributed by atoms with Gasteiger partial charge in [-0.25, -0.2) is 0 Å². The number of carbonyl (C=O) groups excluding carboxylic acids is 3. The van der Waals surface area contributed by atoms with Gasteiger partial charge >= 0.3 is 0 Å². The van der Waals surface area contributed by atoms with Crippen LogP contribution in [0.5, 0.6) is 0 Å². The van der Waals surface area contributed by atoms with Gasteiger partial charge in [0.2, 0.25) is 0 Å². The molecule has 0 aliphatic heterocycles. The first kappa shape index (κ1) is 14.9. The molecule has 3 fully saturated rings. The van der Waals surface area contributed by atoms with Crippen LogP contribution in [0, 0.1) is 29.1 Å². The molecule has 3 nitrogen and oxygen atoms in total. The Morgan fingerprint density at radius 3 is 2.62 bits per heavy atom. The topological polar surface area (TPSA) is 51.2 Å². The molecule has 0 saturated heterocycles. The molecule has 0 aromatic carbocycles. The van der Waals surface area contributed by atoms with Crippen LogP contribution < -0.4 is 0 Å². The van der Waals surface area contributed by atoms with Gasteiger partial charge in [0.05, 0.1) is 0 Å². The van der Waals surface area contributed by atoms with E-state index < -0.39 is 0 Å². The monoisotopic (exact) mass is 290 g/mol. The van der Waals surface area contributed by atoms with E-state index in [-0.39, 0.29) is 17.1 Å². The molecular weight excluding hydrogens is 264 g/mol. The number of rotatable bonds is 3. The number of hydrogen-bond donors (Lipinski definition) is 0. The highest BCUT2D eigenvalue weighted by atomic mass is 16.1. The predicted molar refractivity (Wildman–Crippen MR) is 79.7 cm³/mol. The fourth-order valence-corrected chi connectivity index (χ4v) is 5.47. The molecule has 0 aromatic rings. The minimum atomic E-state index is -0.118. The van der Waals surface area contributed by atoms with Crippen LogP contribution in [0.25, 0.3) is 0 Å². The van der Waals surface area contributed by atoms with E-state index in [1.165, 1.54) is 0 Å². The van der Waals surface area contributed by atoms with Crippen LogP contribution in [0.4, 0.5) is 0 Å². The van der Waals surface area contributed by atoms with E-state index in [0.29, 0.717) is 42.2 Å². The van der Waals surface area contributed by atoms with Crippen LogP contribution in [0.1, 0.15) is 65.2 Å². The van der Waals surface area contributed by atoms with Crippen molar-refractivity contribution in [2.24, 2.45) is 29.1 Å². The van der Waals surface area contributed by atoms with Gasteiger partial charge in [-0.2, -0.15) is 0 Å². The van der Waals surface area contributed by atoms with Crippen molar-refractivity contribution < 1.29 is 14.4 Å². The third-order valence-electron chi connectivity index (χ3n) is 6.66. The second kappa shape index (κ2) is 5.33. The summed E-state index contributed by atoms with van der Waals surface area (Å²) in [5, 5.41) is 0. The molecule has 0 N–H and O–H groups in total. The fourth-order valence-electron chi connectivity index (χ4n) is 5.47. The normalized spacial score (nSPS) is 42.6. The maximum absolute atomic E-state index is 12.3. The van der Waals surface area contributed by atoms with Crippen LogP contribution in [-0.2, 0) is 14.4 Å². The molecule has 3 rings (SSSR count). The summed E-state index contributed by atoms with van der Waals surface area (Å²) in [5.41, 5.74) is -0.118. The van der Waals surface area contributed by atoms with Crippen molar-refractivity contribution in [1.29, 1.82) is 0 Å². The summed E-state index contributed by atoms with van der Waals surface area (Å²) in [7, 11) is 0. The maximum atomic E-state index is 12.3. The summed E-state index contributed by atoms with van der Waals surface area (Å²) in [6, 6.07) is 0. The van der Waals surface area contributed by atoms with Gasteiger partial charge in [0.25, 0.3) is 0 Å². The van der Waals surface area contributed by atoms with Crippen LogP contribution in [-0.4, -0.2) is 17.3 Å². The molecule has 3 heteroatoms. The van der Waals surface area contributed by atoms with Gasteiger partial charge in [0.15, 0.2) is 0 Å². The molecule has 1 unspecified atom stereocenters. The molecule has 0 aromatic heterocycles. The number of fused-ring (bicyclic) bond motifs is 3. The first-order valence-corrected chi connectivity index (χ1v) is 8.49. The summed E-state index contributed by atoms with van der Waals surface area (Å²) in [4.78, 5) is 35.8. The van der Waals surface area contributed by atoms with Gasteiger partial charge in [-0.05, 0) is 56.8 Å². The lowest BCUT2D eigenvalue weighted by Crippen LogP contribution is -2.47. The maximum Gasteiger partial charge on any atom is 0.139 e. The Kier molecular flexibility index (Phi) is 3.79. The molecule has 0 spiro atoms. The predicted octanol–water partition coefficient (Wildman–Crippen LogP) is 3.35. The Labute approximate surface area is 126 Å². The molecule has 5 atom stereocenters. The van der Waals surface area contributed by atoms with E-state index in [9.17, 15) is 14.4 Å². The van der Waals surface area contributed by atoms with E-state index in [1.807, 2.05) is 0 Å². The van der Waals surface area contributed by atoms with Crippen molar-refractivity contribution in [2.45, 2.75) is 65.2 Å². The summed E-state index contributed by atoms with van der Waals surface area (Å²) >= 11 is 0. The molecule has 3 saturated carbocycles. The summed E-state index contributed by atoms with van der Waals surface area (Å²) < 4.78 is 0. The zero-order valence-electron chi connectivity index (χ0n) is 13.2. The van der Waals surface area contributed by atoms with E-state index in [2.05, 4.69) is 6.92 Å². The molecule has 0 radical (unpaired) electrons. The second-order valence-electron chi connectivity index (χ2n) is 7.70. The Balaban J connectivity index is 1.80.